The van der Waals surface area contributed by atoms with E-state index in [-0.39, 0.29) is 37.5 Å². The zero-order chi connectivity index (χ0) is 57.8. The van der Waals surface area contributed by atoms with E-state index in [0.29, 0.717) is 19.3 Å². The number of allylic oxidation sites excluding steroid dienone is 18. The number of carbonyl (C=O) groups excluding carboxylic acids is 3. The summed E-state index contributed by atoms with van der Waals surface area (Å²) in [6.07, 6.45) is 92.5. The van der Waals surface area contributed by atoms with E-state index in [1.54, 1.807) is 0 Å². The third kappa shape index (κ3) is 64.9. The summed E-state index contributed by atoms with van der Waals surface area (Å²) in [4.78, 5) is 38.4. The molecule has 0 N–H and O–H groups in total. The first kappa shape index (κ1) is 76.1. The van der Waals surface area contributed by atoms with Crippen molar-refractivity contribution in [1.29, 1.82) is 0 Å². The van der Waals surface area contributed by atoms with Crippen molar-refractivity contribution in [2.45, 2.75) is 329 Å². The molecule has 0 rings (SSSR count). The highest BCUT2D eigenvalue weighted by Gasteiger charge is 2.19. The molecule has 0 aliphatic carbocycles. The second-order valence-corrected chi connectivity index (χ2v) is 22.3. The van der Waals surface area contributed by atoms with Gasteiger partial charge in [-0.2, -0.15) is 0 Å². The van der Waals surface area contributed by atoms with Crippen LogP contribution >= 0.6 is 0 Å². The summed E-state index contributed by atoms with van der Waals surface area (Å²) in [7, 11) is 0. The van der Waals surface area contributed by atoms with Crippen molar-refractivity contribution < 1.29 is 28.6 Å². The number of ether oxygens (including phenoxy) is 3. The monoisotopic (exact) mass is 1110 g/mol. The molecule has 80 heavy (non-hydrogen) atoms. The topological polar surface area (TPSA) is 78.9 Å². The molecular weight excluding hydrogens is 985 g/mol. The molecule has 0 aromatic carbocycles. The van der Waals surface area contributed by atoms with Crippen LogP contribution in [0.15, 0.2) is 109 Å². The molecule has 0 heterocycles. The number of esters is 3. The summed E-state index contributed by atoms with van der Waals surface area (Å²) in [6, 6.07) is 0. The predicted molar refractivity (Wildman–Crippen MR) is 348 cm³/mol. The lowest BCUT2D eigenvalue weighted by Gasteiger charge is -2.18. The second kappa shape index (κ2) is 67.6. The molecule has 0 amide bonds. The van der Waals surface area contributed by atoms with Crippen LogP contribution in [0.3, 0.4) is 0 Å². The summed E-state index contributed by atoms with van der Waals surface area (Å²) < 4.78 is 16.9. The molecule has 1 atom stereocenters. The first-order chi connectivity index (χ1) is 39.5. The fourth-order valence-electron chi connectivity index (χ4n) is 9.41. The average molecular weight is 1110 g/mol. The van der Waals surface area contributed by atoms with Gasteiger partial charge in [-0.1, -0.05) is 284 Å². The van der Waals surface area contributed by atoms with Gasteiger partial charge in [-0.25, -0.2) is 0 Å². The van der Waals surface area contributed by atoms with E-state index in [9.17, 15) is 14.4 Å². The van der Waals surface area contributed by atoms with Crippen LogP contribution in [0.5, 0.6) is 0 Å². The average Bonchev–Trinajstić information content (AvgIpc) is 3.46. The van der Waals surface area contributed by atoms with Gasteiger partial charge >= 0.3 is 17.9 Å². The first-order valence-corrected chi connectivity index (χ1v) is 33.9. The van der Waals surface area contributed by atoms with Crippen LogP contribution in [-0.2, 0) is 28.6 Å². The maximum absolute atomic E-state index is 12.9. The number of hydrogen-bond donors (Lipinski definition) is 0. The molecule has 1 unspecified atom stereocenters. The van der Waals surface area contributed by atoms with Crippen LogP contribution in [0.25, 0.3) is 0 Å². The fraction of sp³-hybridized carbons (Fsp3) is 0.716. The Morgan fingerprint density at radius 3 is 0.812 bits per heavy atom. The van der Waals surface area contributed by atoms with E-state index in [1.165, 1.54) is 161 Å². The Kier molecular flexibility index (Phi) is 64.3. The standard InChI is InChI=1S/C74H126O6/c1-4-7-10-13-16-19-22-25-28-31-33-35-36-37-38-40-41-43-46-49-52-55-58-61-64-67-73(76)79-70-71(69-78-72(75)66-63-60-57-54-51-48-45-30-27-24-21-18-15-12-9-6-3)80-74(77)68-65-62-59-56-53-50-47-44-42-39-34-32-29-26-23-20-17-14-11-8-5-2/h8,11,17,20-21,24,26,29-31,33-34,39,44-45,47,53,56,71H,4-7,9-10,12-16,18-19,22-23,25,27-28,32,35-38,40-43,46,48-52,54-55,57-70H2,1-3H3/b11-8-,20-17-,24-21-,29-26-,33-31-,39-34-,45-30-,47-44-,56-53-. The van der Waals surface area contributed by atoms with Crippen molar-refractivity contribution in [2.75, 3.05) is 13.2 Å². The lowest BCUT2D eigenvalue weighted by atomic mass is 10.0. The minimum Gasteiger partial charge on any atom is -0.462 e. The van der Waals surface area contributed by atoms with Gasteiger partial charge in [0.05, 0.1) is 0 Å². The largest absolute Gasteiger partial charge is 0.462 e. The maximum atomic E-state index is 12.9. The Bertz CT molecular complexity index is 1610. The Morgan fingerprint density at radius 2 is 0.487 bits per heavy atom. The van der Waals surface area contributed by atoms with E-state index in [0.717, 1.165) is 116 Å². The number of carbonyl (C=O) groups is 3. The summed E-state index contributed by atoms with van der Waals surface area (Å²) in [5, 5.41) is 0. The van der Waals surface area contributed by atoms with Crippen molar-refractivity contribution >= 4 is 17.9 Å². The summed E-state index contributed by atoms with van der Waals surface area (Å²) in [5.41, 5.74) is 0. The van der Waals surface area contributed by atoms with Gasteiger partial charge in [0, 0.05) is 19.3 Å². The van der Waals surface area contributed by atoms with Crippen molar-refractivity contribution in [3.05, 3.63) is 109 Å². The predicted octanol–water partition coefficient (Wildman–Crippen LogP) is 23.4. The van der Waals surface area contributed by atoms with Crippen LogP contribution in [0.1, 0.15) is 323 Å². The van der Waals surface area contributed by atoms with E-state index < -0.39 is 6.10 Å². The molecule has 0 saturated heterocycles. The molecule has 0 aliphatic rings. The van der Waals surface area contributed by atoms with Crippen LogP contribution in [0.4, 0.5) is 0 Å². The van der Waals surface area contributed by atoms with Crippen molar-refractivity contribution in [3.63, 3.8) is 0 Å². The first-order valence-electron chi connectivity index (χ1n) is 33.9. The molecule has 0 aromatic heterocycles. The van der Waals surface area contributed by atoms with Gasteiger partial charge in [0.15, 0.2) is 6.10 Å². The van der Waals surface area contributed by atoms with Crippen LogP contribution in [0.2, 0.25) is 0 Å². The Morgan fingerprint density at radius 1 is 0.263 bits per heavy atom. The van der Waals surface area contributed by atoms with Gasteiger partial charge in [-0.15, -0.1) is 0 Å². The normalized spacial score (nSPS) is 12.8. The van der Waals surface area contributed by atoms with E-state index in [1.807, 2.05) is 0 Å². The van der Waals surface area contributed by atoms with E-state index in [2.05, 4.69) is 130 Å². The highest BCUT2D eigenvalue weighted by molar-refractivity contribution is 5.71. The molecule has 458 valence electrons. The minimum absolute atomic E-state index is 0.100. The third-order valence-corrected chi connectivity index (χ3v) is 14.5. The van der Waals surface area contributed by atoms with Crippen molar-refractivity contribution in [2.24, 2.45) is 0 Å². The second-order valence-electron chi connectivity index (χ2n) is 22.3. The summed E-state index contributed by atoms with van der Waals surface area (Å²) in [5.74, 6) is -0.949. The van der Waals surface area contributed by atoms with Gasteiger partial charge in [0.2, 0.25) is 0 Å². The Balaban J connectivity index is 4.42. The number of unbranched alkanes of at least 4 members (excludes halogenated alkanes) is 32. The lowest BCUT2D eigenvalue weighted by molar-refractivity contribution is -0.167. The highest BCUT2D eigenvalue weighted by Crippen LogP contribution is 2.16. The van der Waals surface area contributed by atoms with Crippen LogP contribution in [-0.4, -0.2) is 37.2 Å². The van der Waals surface area contributed by atoms with E-state index >= 15 is 0 Å². The Hall–Kier alpha value is -3.93. The molecule has 0 radical (unpaired) electrons. The zero-order valence-electron chi connectivity index (χ0n) is 52.6. The zero-order valence-corrected chi connectivity index (χ0v) is 52.6. The molecule has 0 aliphatic heterocycles. The minimum atomic E-state index is -0.811. The lowest BCUT2D eigenvalue weighted by Crippen LogP contribution is -2.30. The Labute approximate surface area is 495 Å². The third-order valence-electron chi connectivity index (χ3n) is 14.5. The molecule has 0 aromatic rings. The molecule has 0 saturated carbocycles. The van der Waals surface area contributed by atoms with Gasteiger partial charge in [-0.3, -0.25) is 14.4 Å². The fourth-order valence-corrected chi connectivity index (χ4v) is 9.41. The summed E-state index contributed by atoms with van der Waals surface area (Å²) in [6.45, 7) is 6.49. The van der Waals surface area contributed by atoms with Crippen LogP contribution in [0, 0.1) is 0 Å². The van der Waals surface area contributed by atoms with Crippen molar-refractivity contribution in [3.8, 4) is 0 Å². The smallest absolute Gasteiger partial charge is 0.306 e. The quantitative estimate of drug-likeness (QED) is 0.0261. The molecule has 0 bridgehead atoms. The van der Waals surface area contributed by atoms with Crippen LogP contribution < -0.4 is 0 Å². The van der Waals surface area contributed by atoms with Gasteiger partial charge in [0.1, 0.15) is 13.2 Å². The maximum Gasteiger partial charge on any atom is 0.306 e. The number of rotatable bonds is 61. The highest BCUT2D eigenvalue weighted by atomic mass is 16.6. The molecular formula is C74H126O6. The SMILES string of the molecule is CC/C=C\C/C=C\C/C=C\C/C=C\C/C=C\C/C=C\CCCCC(=O)OC(COC(=O)CCCCCCC/C=C\C/C=C\CCCCCC)COC(=O)CCCCCCCCCCCCCCC/C=C\CCCCCCCCCC. The van der Waals surface area contributed by atoms with Gasteiger partial charge in [0.25, 0.3) is 0 Å². The summed E-state index contributed by atoms with van der Waals surface area (Å²) >= 11 is 0. The molecule has 6 heteroatoms. The molecule has 0 spiro atoms. The van der Waals surface area contributed by atoms with Crippen molar-refractivity contribution in [1.82, 2.24) is 0 Å². The van der Waals surface area contributed by atoms with Gasteiger partial charge < -0.3 is 14.2 Å². The van der Waals surface area contributed by atoms with Gasteiger partial charge in [-0.05, 0) is 128 Å². The number of hydrogen-bond acceptors (Lipinski definition) is 6. The molecule has 6 nitrogen and oxygen atoms in total. The molecule has 0 fully saturated rings. The van der Waals surface area contributed by atoms with E-state index in [4.69, 9.17) is 14.2 Å².